The maximum absolute atomic E-state index is 11.8. The molecule has 0 aliphatic heterocycles. The molecule has 208 valence electrons. The zero-order chi connectivity index (χ0) is 28.7. The fraction of sp³-hybridized carbons (Fsp3) is 0.391. The smallest absolute Gasteiger partial charge is 0.328 e. The second-order valence-corrected chi connectivity index (χ2v) is 7.92. The predicted molar refractivity (Wildman–Crippen MR) is 131 cm³/mol. The quantitative estimate of drug-likeness (QED) is 0.136. The Kier molecular flexibility index (Phi) is 13.7. The first-order valence-corrected chi connectivity index (χ1v) is 11.2. The number of aliphatic carboxylic acids is 2. The van der Waals surface area contributed by atoms with E-state index in [0.717, 1.165) is 5.56 Å². The number of hydrogen-bond acceptors (Lipinski definition) is 11. The number of benzene rings is 1. The first-order valence-electron chi connectivity index (χ1n) is 11.2. The molecule has 0 fully saturated rings. The molecule has 2 unspecified atom stereocenters. The number of aromatic amines is 1. The molecule has 10 N–H and O–H groups in total. The highest BCUT2D eigenvalue weighted by atomic mass is 16.5. The van der Waals surface area contributed by atoms with E-state index in [1.807, 2.05) is 18.2 Å². The van der Waals surface area contributed by atoms with Gasteiger partial charge in [0.05, 0.1) is 31.6 Å². The number of aromatic nitrogens is 2. The number of carboxylic acids is 2. The van der Waals surface area contributed by atoms with E-state index in [-0.39, 0.29) is 12.8 Å². The van der Waals surface area contributed by atoms with Gasteiger partial charge in [0.25, 0.3) is 0 Å². The van der Waals surface area contributed by atoms with Gasteiger partial charge in [0, 0.05) is 19.0 Å². The fourth-order valence-electron chi connectivity index (χ4n) is 2.81. The number of H-pyrrole nitrogens is 1. The lowest BCUT2D eigenvalue weighted by molar-refractivity contribution is -0.149. The molecule has 2 rings (SSSR count). The number of carboxylic acid groups (broad SMARTS) is 2. The van der Waals surface area contributed by atoms with Crippen LogP contribution in [0, 0.1) is 0 Å². The van der Waals surface area contributed by atoms with E-state index >= 15 is 0 Å². The van der Waals surface area contributed by atoms with Crippen LogP contribution in [0.3, 0.4) is 0 Å². The molecule has 0 bridgehead atoms. The summed E-state index contributed by atoms with van der Waals surface area (Å²) in [6.45, 7) is -0.400. The van der Waals surface area contributed by atoms with Crippen molar-refractivity contribution in [1.29, 1.82) is 0 Å². The number of imidazole rings is 1. The Hall–Kier alpha value is -4.34. The molecule has 1 aromatic heterocycles. The zero-order valence-electron chi connectivity index (χ0n) is 20.6. The van der Waals surface area contributed by atoms with Gasteiger partial charge in [-0.2, -0.15) is 0 Å². The Morgan fingerprint density at radius 3 is 2.16 bits per heavy atom. The third-order valence-electron chi connectivity index (χ3n) is 4.83. The maximum Gasteiger partial charge on any atom is 0.328 e. The number of rotatable bonds is 13. The number of nitrogens with two attached hydrogens (primary N) is 3. The molecule has 1 heterocycles. The highest BCUT2D eigenvalue weighted by Crippen LogP contribution is 2.05. The minimum atomic E-state index is -1.24. The van der Waals surface area contributed by atoms with Gasteiger partial charge in [-0.1, -0.05) is 30.3 Å². The van der Waals surface area contributed by atoms with E-state index in [0.29, 0.717) is 5.69 Å². The molecular formula is C23H32N6O9. The summed E-state index contributed by atoms with van der Waals surface area (Å²) in [7, 11) is 1.21. The van der Waals surface area contributed by atoms with E-state index in [4.69, 9.17) is 27.4 Å². The minimum absolute atomic E-state index is 0.213. The highest BCUT2D eigenvalue weighted by Gasteiger charge is 2.26. The number of esters is 2. The molecule has 1 aromatic carbocycles. The Morgan fingerprint density at radius 1 is 0.974 bits per heavy atom. The molecule has 15 nitrogen and oxygen atoms in total. The molecule has 0 radical (unpaired) electrons. The van der Waals surface area contributed by atoms with E-state index in [1.165, 1.54) is 13.4 Å². The SMILES string of the molecule is COC(=O)C(Cc1ccccc1)NC(=O)C(N)CC(=O)O.N[C@@H](COC(=O)[C@@H](N)Cc1c[nH]cn1)C(=O)O. The van der Waals surface area contributed by atoms with Crippen LogP contribution in [0.15, 0.2) is 42.9 Å². The van der Waals surface area contributed by atoms with Crippen LogP contribution in [0.25, 0.3) is 0 Å². The van der Waals surface area contributed by atoms with Crippen molar-refractivity contribution in [1.82, 2.24) is 15.3 Å². The van der Waals surface area contributed by atoms with Crippen LogP contribution in [0.2, 0.25) is 0 Å². The van der Waals surface area contributed by atoms with E-state index in [1.54, 1.807) is 18.3 Å². The van der Waals surface area contributed by atoms with Crippen LogP contribution >= 0.6 is 0 Å². The van der Waals surface area contributed by atoms with Crippen LogP contribution in [0.5, 0.6) is 0 Å². The molecule has 4 atom stereocenters. The molecular weight excluding hydrogens is 504 g/mol. The molecule has 0 saturated heterocycles. The summed E-state index contributed by atoms with van der Waals surface area (Å²) >= 11 is 0. The average Bonchev–Trinajstić information content (AvgIpc) is 3.39. The summed E-state index contributed by atoms with van der Waals surface area (Å²) in [5.74, 6) is -4.45. The van der Waals surface area contributed by atoms with Gasteiger partial charge in [-0.05, 0) is 5.56 Å². The summed E-state index contributed by atoms with van der Waals surface area (Å²) in [6, 6.07) is 4.80. The van der Waals surface area contributed by atoms with Crippen molar-refractivity contribution >= 4 is 29.8 Å². The fourth-order valence-corrected chi connectivity index (χ4v) is 2.81. The van der Waals surface area contributed by atoms with Gasteiger partial charge in [0.1, 0.15) is 24.7 Å². The van der Waals surface area contributed by atoms with Crippen molar-refractivity contribution < 1.29 is 43.7 Å². The molecule has 1 amide bonds. The van der Waals surface area contributed by atoms with Gasteiger partial charge in [-0.15, -0.1) is 0 Å². The molecule has 0 saturated carbocycles. The number of carbonyl (C=O) groups is 5. The molecule has 2 aromatic rings. The van der Waals surface area contributed by atoms with Gasteiger partial charge in [0.2, 0.25) is 5.91 Å². The van der Waals surface area contributed by atoms with E-state index in [2.05, 4.69) is 24.8 Å². The maximum atomic E-state index is 11.8. The van der Waals surface area contributed by atoms with E-state index in [9.17, 15) is 24.0 Å². The van der Waals surface area contributed by atoms with Crippen molar-refractivity contribution in [3.05, 3.63) is 54.1 Å². The first-order chi connectivity index (χ1) is 17.9. The van der Waals surface area contributed by atoms with Crippen LogP contribution in [-0.2, 0) is 46.3 Å². The Labute approximate surface area is 217 Å². The van der Waals surface area contributed by atoms with Crippen LogP contribution in [0.4, 0.5) is 0 Å². The van der Waals surface area contributed by atoms with Crippen LogP contribution in [-0.4, -0.2) is 87.8 Å². The van der Waals surface area contributed by atoms with Crippen molar-refractivity contribution in [2.45, 2.75) is 43.4 Å². The van der Waals surface area contributed by atoms with Crippen molar-refractivity contribution in [3.63, 3.8) is 0 Å². The lowest BCUT2D eigenvalue weighted by Gasteiger charge is -2.18. The number of hydrogen-bond donors (Lipinski definition) is 7. The van der Waals surface area contributed by atoms with Gasteiger partial charge in [-0.3, -0.25) is 19.2 Å². The summed E-state index contributed by atoms with van der Waals surface area (Å²) < 4.78 is 9.30. The second-order valence-electron chi connectivity index (χ2n) is 7.92. The van der Waals surface area contributed by atoms with Crippen molar-refractivity contribution in [3.8, 4) is 0 Å². The first kappa shape index (κ1) is 31.7. The minimum Gasteiger partial charge on any atom is -0.481 e. The lowest BCUT2D eigenvalue weighted by atomic mass is 10.1. The number of methoxy groups -OCH3 is 1. The molecule has 15 heteroatoms. The number of amides is 1. The summed E-state index contributed by atoms with van der Waals surface area (Å²) in [5, 5.41) is 19.5. The van der Waals surface area contributed by atoms with E-state index < -0.39 is 67.0 Å². The summed E-state index contributed by atoms with van der Waals surface area (Å²) in [5.41, 5.74) is 17.6. The summed E-state index contributed by atoms with van der Waals surface area (Å²) in [6.07, 6.45) is 3.01. The molecule has 0 spiro atoms. The Bertz CT molecular complexity index is 1050. The molecule has 0 aliphatic carbocycles. The Morgan fingerprint density at radius 2 is 1.63 bits per heavy atom. The number of ether oxygens (including phenoxy) is 2. The third-order valence-corrected chi connectivity index (χ3v) is 4.83. The largest absolute Gasteiger partial charge is 0.481 e. The van der Waals surface area contributed by atoms with Crippen molar-refractivity contribution in [2.75, 3.05) is 13.7 Å². The summed E-state index contributed by atoms with van der Waals surface area (Å²) in [4.78, 5) is 62.4. The molecule has 38 heavy (non-hydrogen) atoms. The standard InChI is InChI=1S/C14H18N2O5.C9H14N4O4/c1-21-14(20)11(7-9-5-3-2-4-6-9)16-13(19)10(15)8-12(17)18;10-6(1-5-2-12-4-13-5)9(16)17-3-7(11)8(14)15/h2-6,10-11H,7-8,15H2,1H3,(H,16,19)(H,17,18);2,4,6-7H,1,3,10-11H2,(H,12,13)(H,14,15)/t;6-,7-/m.0/s1. The Balaban J connectivity index is 0.000000389. The normalized spacial score (nSPS) is 13.5. The van der Waals surface area contributed by atoms with Gasteiger partial charge in [0.15, 0.2) is 0 Å². The highest BCUT2D eigenvalue weighted by molar-refractivity contribution is 5.89. The number of nitrogens with one attached hydrogen (secondary N) is 2. The van der Waals surface area contributed by atoms with Crippen LogP contribution in [0.1, 0.15) is 17.7 Å². The monoisotopic (exact) mass is 536 g/mol. The average molecular weight is 537 g/mol. The second kappa shape index (κ2) is 16.4. The van der Waals surface area contributed by atoms with Gasteiger partial charge >= 0.3 is 23.9 Å². The lowest BCUT2D eigenvalue weighted by Crippen LogP contribution is -2.50. The van der Waals surface area contributed by atoms with Crippen LogP contribution < -0.4 is 22.5 Å². The number of nitrogens with zero attached hydrogens (tertiary/aromatic N) is 1. The van der Waals surface area contributed by atoms with Crippen molar-refractivity contribution in [2.24, 2.45) is 17.2 Å². The topological polar surface area (TPSA) is 263 Å². The van der Waals surface area contributed by atoms with Gasteiger partial charge < -0.3 is 47.2 Å². The molecule has 0 aliphatic rings. The number of carbonyl (C=O) groups excluding carboxylic acids is 3. The van der Waals surface area contributed by atoms with Gasteiger partial charge in [-0.25, -0.2) is 9.78 Å². The predicted octanol–water partition coefficient (Wildman–Crippen LogP) is -2.08. The third kappa shape index (κ3) is 12.1. The zero-order valence-corrected chi connectivity index (χ0v) is 20.6.